The first-order chi connectivity index (χ1) is 7.97. The smallest absolute Gasteiger partial charge is 0.113 e. The first-order valence-corrected chi connectivity index (χ1v) is 7.58. The molecule has 0 bridgehead atoms. The van der Waals surface area contributed by atoms with Crippen LogP contribution in [0.4, 0.5) is 0 Å². The molecule has 0 aliphatic heterocycles. The number of thiophene rings is 1. The van der Waals surface area contributed by atoms with Crippen molar-refractivity contribution in [2.24, 2.45) is 0 Å². The average molecular weight is 376 g/mol. The second-order valence-corrected chi connectivity index (χ2v) is 7.39. The van der Waals surface area contributed by atoms with Crippen molar-refractivity contribution in [3.8, 4) is 0 Å². The Morgan fingerprint density at radius 2 is 1.82 bits per heavy atom. The summed E-state index contributed by atoms with van der Waals surface area (Å²) in [6.45, 7) is 4.06. The molecule has 1 nitrogen and oxygen atoms in total. The highest BCUT2D eigenvalue weighted by Gasteiger charge is 2.15. The Hall–Kier alpha value is -0.160. The lowest BCUT2D eigenvalue weighted by Crippen LogP contribution is -1.97. The molecule has 0 amide bonds. The van der Waals surface area contributed by atoms with E-state index in [0.29, 0.717) is 0 Å². The summed E-state index contributed by atoms with van der Waals surface area (Å²) in [5.74, 6) is 0. The maximum absolute atomic E-state index is 10.3. The molecule has 0 saturated heterocycles. The highest BCUT2D eigenvalue weighted by atomic mass is 79.9. The number of aryl methyl sites for hydroxylation is 2. The molecule has 0 aliphatic rings. The molecule has 4 heteroatoms. The number of rotatable bonds is 2. The largest absolute Gasteiger partial charge is 0.383 e. The summed E-state index contributed by atoms with van der Waals surface area (Å²) >= 11 is 8.52. The first kappa shape index (κ1) is 13.3. The molecule has 2 rings (SSSR count). The Kier molecular flexibility index (Phi) is 4.08. The zero-order valence-electron chi connectivity index (χ0n) is 9.50. The van der Waals surface area contributed by atoms with Gasteiger partial charge in [0.05, 0.1) is 3.79 Å². The summed E-state index contributed by atoms with van der Waals surface area (Å²) in [4.78, 5) is 0.965. The molecule has 1 heterocycles. The van der Waals surface area contributed by atoms with Crippen LogP contribution in [0, 0.1) is 13.8 Å². The van der Waals surface area contributed by atoms with E-state index in [1.807, 2.05) is 38.1 Å². The standard InChI is InChI=1S/C13H12Br2OS/c1-7-3-9(6-10(14)4-7)12(16)11-5-8(2)13(15)17-11/h3-6,12,16H,1-2H3. The van der Waals surface area contributed by atoms with Crippen molar-refractivity contribution in [2.45, 2.75) is 20.0 Å². The molecular formula is C13H12Br2OS. The Balaban J connectivity index is 2.39. The van der Waals surface area contributed by atoms with E-state index in [2.05, 4.69) is 31.9 Å². The molecular weight excluding hydrogens is 364 g/mol. The van der Waals surface area contributed by atoms with Crippen LogP contribution in [0.2, 0.25) is 0 Å². The van der Waals surface area contributed by atoms with Crippen molar-refractivity contribution in [2.75, 3.05) is 0 Å². The Bertz CT molecular complexity index is 509. The fourth-order valence-electron chi connectivity index (χ4n) is 1.71. The van der Waals surface area contributed by atoms with E-state index >= 15 is 0 Å². The van der Waals surface area contributed by atoms with E-state index in [-0.39, 0.29) is 0 Å². The third-order valence-corrected chi connectivity index (χ3v) is 5.17. The van der Waals surface area contributed by atoms with Crippen LogP contribution in [0.15, 0.2) is 32.5 Å². The lowest BCUT2D eigenvalue weighted by molar-refractivity contribution is 0.224. The minimum atomic E-state index is -0.554. The highest BCUT2D eigenvalue weighted by molar-refractivity contribution is 9.11. The third kappa shape index (κ3) is 2.99. The summed E-state index contributed by atoms with van der Waals surface area (Å²) in [5.41, 5.74) is 3.22. The maximum Gasteiger partial charge on any atom is 0.113 e. The highest BCUT2D eigenvalue weighted by Crippen LogP contribution is 2.35. The number of aliphatic hydroxyl groups excluding tert-OH is 1. The van der Waals surface area contributed by atoms with Gasteiger partial charge in [-0.3, -0.25) is 0 Å². The van der Waals surface area contributed by atoms with Gasteiger partial charge in [0.25, 0.3) is 0 Å². The average Bonchev–Trinajstić information content (AvgIpc) is 2.57. The number of benzene rings is 1. The minimum absolute atomic E-state index is 0.554. The predicted octanol–water partition coefficient (Wildman–Crippen LogP) is 4.97. The quantitative estimate of drug-likeness (QED) is 0.785. The van der Waals surface area contributed by atoms with Gasteiger partial charge in [0.15, 0.2) is 0 Å². The van der Waals surface area contributed by atoms with Crippen molar-refractivity contribution >= 4 is 43.2 Å². The van der Waals surface area contributed by atoms with Gasteiger partial charge in [-0.1, -0.05) is 22.0 Å². The van der Waals surface area contributed by atoms with E-state index in [1.54, 1.807) is 11.3 Å². The van der Waals surface area contributed by atoms with Gasteiger partial charge in [0.2, 0.25) is 0 Å². The lowest BCUT2D eigenvalue weighted by Gasteiger charge is -2.10. The molecule has 1 N–H and O–H groups in total. The number of hydrogen-bond acceptors (Lipinski definition) is 2. The van der Waals surface area contributed by atoms with Crippen molar-refractivity contribution in [1.82, 2.24) is 0 Å². The monoisotopic (exact) mass is 374 g/mol. The first-order valence-electron chi connectivity index (χ1n) is 5.18. The fraction of sp³-hybridized carbons (Fsp3) is 0.231. The Morgan fingerprint density at radius 1 is 1.12 bits per heavy atom. The summed E-state index contributed by atoms with van der Waals surface area (Å²) in [5, 5.41) is 10.3. The summed E-state index contributed by atoms with van der Waals surface area (Å²) < 4.78 is 2.08. The molecule has 1 aromatic heterocycles. The minimum Gasteiger partial charge on any atom is -0.383 e. The van der Waals surface area contributed by atoms with E-state index in [9.17, 15) is 5.11 Å². The molecule has 17 heavy (non-hydrogen) atoms. The SMILES string of the molecule is Cc1cc(Br)cc(C(O)c2cc(C)c(Br)s2)c1. The Morgan fingerprint density at radius 3 is 2.35 bits per heavy atom. The van der Waals surface area contributed by atoms with Gasteiger partial charge in [-0.25, -0.2) is 0 Å². The normalized spacial score (nSPS) is 12.8. The van der Waals surface area contributed by atoms with E-state index in [0.717, 1.165) is 29.8 Å². The zero-order valence-corrected chi connectivity index (χ0v) is 13.5. The lowest BCUT2D eigenvalue weighted by atomic mass is 10.1. The van der Waals surface area contributed by atoms with Gasteiger partial charge in [-0.2, -0.15) is 0 Å². The van der Waals surface area contributed by atoms with Crippen LogP contribution in [-0.4, -0.2) is 5.11 Å². The molecule has 0 fully saturated rings. The van der Waals surface area contributed by atoms with Gasteiger partial charge in [-0.05, 0) is 64.7 Å². The second kappa shape index (κ2) is 5.22. The van der Waals surface area contributed by atoms with Crippen LogP contribution in [-0.2, 0) is 0 Å². The van der Waals surface area contributed by atoms with Crippen molar-refractivity contribution in [3.63, 3.8) is 0 Å². The van der Waals surface area contributed by atoms with Gasteiger partial charge < -0.3 is 5.11 Å². The van der Waals surface area contributed by atoms with Crippen molar-refractivity contribution in [3.05, 3.63) is 54.1 Å². The molecule has 0 aliphatic carbocycles. The van der Waals surface area contributed by atoms with Crippen LogP contribution < -0.4 is 0 Å². The number of halogens is 2. The number of aliphatic hydroxyl groups is 1. The Labute approximate surface area is 122 Å². The van der Waals surface area contributed by atoms with Gasteiger partial charge in [0.1, 0.15) is 6.10 Å². The van der Waals surface area contributed by atoms with Gasteiger partial charge >= 0.3 is 0 Å². The van der Waals surface area contributed by atoms with Crippen LogP contribution in [0.1, 0.15) is 27.7 Å². The fourth-order valence-corrected chi connectivity index (χ4v) is 3.92. The van der Waals surface area contributed by atoms with Crippen LogP contribution in [0.3, 0.4) is 0 Å². The molecule has 0 radical (unpaired) electrons. The predicted molar refractivity (Wildman–Crippen MR) is 79.7 cm³/mol. The van der Waals surface area contributed by atoms with Crippen molar-refractivity contribution in [1.29, 1.82) is 0 Å². The molecule has 1 unspecified atom stereocenters. The summed E-state index contributed by atoms with van der Waals surface area (Å²) in [6, 6.07) is 8.03. The van der Waals surface area contributed by atoms with E-state index in [1.165, 1.54) is 0 Å². The topological polar surface area (TPSA) is 20.2 Å². The third-order valence-electron chi connectivity index (χ3n) is 2.53. The maximum atomic E-state index is 10.3. The second-order valence-electron chi connectivity index (χ2n) is 4.07. The van der Waals surface area contributed by atoms with Crippen LogP contribution in [0.5, 0.6) is 0 Å². The van der Waals surface area contributed by atoms with E-state index < -0.39 is 6.10 Å². The number of hydrogen-bond donors (Lipinski definition) is 1. The van der Waals surface area contributed by atoms with E-state index in [4.69, 9.17) is 0 Å². The van der Waals surface area contributed by atoms with Crippen molar-refractivity contribution < 1.29 is 5.11 Å². The van der Waals surface area contributed by atoms with Crippen LogP contribution >= 0.6 is 43.2 Å². The summed E-state index contributed by atoms with van der Waals surface area (Å²) in [7, 11) is 0. The molecule has 1 aromatic carbocycles. The zero-order chi connectivity index (χ0) is 12.6. The molecule has 90 valence electrons. The van der Waals surface area contributed by atoms with Gasteiger partial charge in [-0.15, -0.1) is 11.3 Å². The molecule has 0 spiro atoms. The summed E-state index contributed by atoms with van der Waals surface area (Å²) in [6.07, 6.45) is -0.554. The van der Waals surface area contributed by atoms with Crippen LogP contribution in [0.25, 0.3) is 0 Å². The molecule has 0 saturated carbocycles. The molecule has 2 aromatic rings. The molecule has 1 atom stereocenters. The van der Waals surface area contributed by atoms with Gasteiger partial charge in [0, 0.05) is 9.35 Å².